The molecule has 2 aromatic rings. The van der Waals surface area contributed by atoms with Gasteiger partial charge in [-0.3, -0.25) is 4.79 Å². The molecule has 0 bridgehead atoms. The Kier molecular flexibility index (Phi) is 5.50. The van der Waals surface area contributed by atoms with Gasteiger partial charge < -0.3 is 11.1 Å². The van der Waals surface area contributed by atoms with Crippen molar-refractivity contribution in [3.05, 3.63) is 42.5 Å². The maximum Gasteiger partial charge on any atom is 0.227 e. The summed E-state index contributed by atoms with van der Waals surface area (Å²) >= 11 is 0. The second kappa shape index (κ2) is 7.37. The van der Waals surface area contributed by atoms with Crippen LogP contribution in [0, 0.1) is 5.41 Å². The van der Waals surface area contributed by atoms with Gasteiger partial charge in [0.2, 0.25) is 5.91 Å². The number of amides is 1. The third-order valence-electron chi connectivity index (χ3n) is 4.65. The second-order valence-corrected chi connectivity index (χ2v) is 5.82. The summed E-state index contributed by atoms with van der Waals surface area (Å²) < 4.78 is 1.70. The van der Waals surface area contributed by atoms with Crippen LogP contribution in [0.4, 0.5) is 0 Å². The van der Waals surface area contributed by atoms with Crippen molar-refractivity contribution in [2.45, 2.75) is 39.7 Å². The van der Waals surface area contributed by atoms with Crippen molar-refractivity contribution in [3.63, 3.8) is 0 Å². The lowest BCUT2D eigenvalue weighted by Gasteiger charge is -2.30. The maximum atomic E-state index is 12.6. The molecule has 1 atom stereocenters. The molecule has 0 aliphatic heterocycles. The van der Waals surface area contributed by atoms with Gasteiger partial charge in [-0.1, -0.05) is 26.0 Å². The quantitative estimate of drug-likeness (QED) is 0.820. The first-order chi connectivity index (χ1) is 11.1. The van der Waals surface area contributed by atoms with Gasteiger partial charge in [0.05, 0.1) is 17.1 Å². The minimum absolute atomic E-state index is 0.0258. The lowest BCUT2D eigenvalue weighted by molar-refractivity contribution is -0.131. The fourth-order valence-corrected chi connectivity index (χ4v) is 2.64. The fraction of sp³-hybridized carbons (Fsp3) is 0.471. The molecule has 0 aliphatic carbocycles. The van der Waals surface area contributed by atoms with Crippen LogP contribution in [0.15, 0.2) is 36.9 Å². The standard InChI is InChI=1S/C17H25N5O/c1-4-17(5-2,10-18)16(23)21-13(3)14-6-8-15(9-7-14)22-12-19-11-20-22/h6-9,11-13H,4-5,10,18H2,1-3H3,(H,21,23). The summed E-state index contributed by atoms with van der Waals surface area (Å²) in [4.78, 5) is 16.5. The van der Waals surface area contributed by atoms with Crippen LogP contribution in [0.25, 0.3) is 5.69 Å². The highest BCUT2D eigenvalue weighted by Crippen LogP contribution is 2.26. The smallest absolute Gasteiger partial charge is 0.227 e. The molecule has 0 aliphatic rings. The number of carbonyl (C=O) groups is 1. The van der Waals surface area contributed by atoms with Crippen molar-refractivity contribution in [1.29, 1.82) is 0 Å². The number of nitrogens with zero attached hydrogens (tertiary/aromatic N) is 3. The van der Waals surface area contributed by atoms with Crippen molar-refractivity contribution in [1.82, 2.24) is 20.1 Å². The largest absolute Gasteiger partial charge is 0.349 e. The predicted molar refractivity (Wildman–Crippen MR) is 90.0 cm³/mol. The first-order valence-electron chi connectivity index (χ1n) is 8.02. The Hall–Kier alpha value is -2.21. The third kappa shape index (κ3) is 3.59. The Morgan fingerprint density at radius 2 is 1.96 bits per heavy atom. The van der Waals surface area contributed by atoms with Crippen molar-refractivity contribution in [2.24, 2.45) is 11.1 Å². The Bertz CT molecular complexity index is 609. The lowest BCUT2D eigenvalue weighted by atomic mass is 9.81. The Morgan fingerprint density at radius 3 is 2.43 bits per heavy atom. The molecular formula is C17H25N5O. The molecule has 1 amide bonds. The van der Waals surface area contributed by atoms with Gasteiger partial charge >= 0.3 is 0 Å². The number of hydrogen-bond acceptors (Lipinski definition) is 4. The van der Waals surface area contributed by atoms with Gasteiger partial charge in [0, 0.05) is 6.54 Å². The van der Waals surface area contributed by atoms with E-state index in [-0.39, 0.29) is 11.9 Å². The van der Waals surface area contributed by atoms with Gasteiger partial charge in [0.1, 0.15) is 12.7 Å². The first kappa shape index (κ1) is 17.1. The van der Waals surface area contributed by atoms with Crippen LogP contribution in [0.5, 0.6) is 0 Å². The van der Waals surface area contributed by atoms with Crippen LogP contribution >= 0.6 is 0 Å². The minimum Gasteiger partial charge on any atom is -0.349 e. The van der Waals surface area contributed by atoms with E-state index < -0.39 is 5.41 Å². The number of nitrogens with one attached hydrogen (secondary N) is 1. The normalized spacial score (nSPS) is 12.9. The Morgan fingerprint density at radius 1 is 1.30 bits per heavy atom. The summed E-state index contributed by atoms with van der Waals surface area (Å²) in [6.07, 6.45) is 4.63. The minimum atomic E-state index is -0.477. The van der Waals surface area contributed by atoms with Crippen LogP contribution in [0.2, 0.25) is 0 Å². The van der Waals surface area contributed by atoms with Gasteiger partial charge in [-0.05, 0) is 37.5 Å². The molecule has 0 fully saturated rings. The molecule has 0 saturated carbocycles. The fourth-order valence-electron chi connectivity index (χ4n) is 2.64. The molecule has 124 valence electrons. The highest BCUT2D eigenvalue weighted by atomic mass is 16.2. The molecule has 0 saturated heterocycles. The van der Waals surface area contributed by atoms with Crippen molar-refractivity contribution < 1.29 is 4.79 Å². The van der Waals surface area contributed by atoms with E-state index >= 15 is 0 Å². The summed E-state index contributed by atoms with van der Waals surface area (Å²) in [5, 5.41) is 7.19. The molecule has 1 heterocycles. The van der Waals surface area contributed by atoms with Gasteiger partial charge in [0.25, 0.3) is 0 Å². The zero-order valence-electron chi connectivity index (χ0n) is 14.0. The van der Waals surface area contributed by atoms with E-state index in [0.717, 1.165) is 24.1 Å². The summed E-state index contributed by atoms with van der Waals surface area (Å²) in [6.45, 7) is 6.36. The molecule has 1 aromatic heterocycles. The molecule has 23 heavy (non-hydrogen) atoms. The monoisotopic (exact) mass is 315 g/mol. The molecule has 6 nitrogen and oxygen atoms in total. The molecular weight excluding hydrogens is 290 g/mol. The number of rotatable bonds is 7. The molecule has 2 rings (SSSR count). The number of hydrogen-bond donors (Lipinski definition) is 2. The SMILES string of the molecule is CCC(CC)(CN)C(=O)NC(C)c1ccc(-n2cncn2)cc1. The Labute approximate surface area is 137 Å². The summed E-state index contributed by atoms with van der Waals surface area (Å²) in [5.74, 6) is 0.0258. The predicted octanol–water partition coefficient (Wildman–Crippen LogP) is 2.21. The van der Waals surface area contributed by atoms with E-state index in [0.29, 0.717) is 6.54 Å². The van der Waals surface area contributed by atoms with Crippen molar-refractivity contribution in [2.75, 3.05) is 6.54 Å². The molecule has 1 unspecified atom stereocenters. The average Bonchev–Trinajstić information content (AvgIpc) is 3.11. The number of carbonyl (C=O) groups excluding carboxylic acids is 1. The van der Waals surface area contributed by atoms with Gasteiger partial charge in [-0.15, -0.1) is 0 Å². The van der Waals surface area contributed by atoms with E-state index in [4.69, 9.17) is 5.73 Å². The Balaban J connectivity index is 2.08. The second-order valence-electron chi connectivity index (χ2n) is 5.82. The van der Waals surface area contributed by atoms with Gasteiger partial charge in [-0.25, -0.2) is 9.67 Å². The summed E-state index contributed by atoms with van der Waals surface area (Å²) in [7, 11) is 0. The van der Waals surface area contributed by atoms with Crippen molar-refractivity contribution >= 4 is 5.91 Å². The van der Waals surface area contributed by atoms with Crippen LogP contribution in [0.1, 0.15) is 45.2 Å². The van der Waals surface area contributed by atoms with Crippen LogP contribution in [0.3, 0.4) is 0 Å². The van der Waals surface area contributed by atoms with Crippen LogP contribution in [-0.4, -0.2) is 27.2 Å². The van der Waals surface area contributed by atoms with Gasteiger partial charge in [-0.2, -0.15) is 5.10 Å². The summed E-state index contributed by atoms with van der Waals surface area (Å²) in [6, 6.07) is 7.83. The number of nitrogens with two attached hydrogens (primary N) is 1. The zero-order valence-corrected chi connectivity index (χ0v) is 14.0. The number of benzene rings is 1. The summed E-state index contributed by atoms with van der Waals surface area (Å²) in [5.41, 5.74) is 7.34. The molecule has 6 heteroatoms. The van der Waals surface area contributed by atoms with E-state index in [1.54, 1.807) is 11.0 Å². The highest BCUT2D eigenvalue weighted by Gasteiger charge is 2.33. The van der Waals surface area contributed by atoms with Crippen LogP contribution in [-0.2, 0) is 4.79 Å². The van der Waals surface area contributed by atoms with E-state index in [1.165, 1.54) is 6.33 Å². The van der Waals surface area contributed by atoms with E-state index in [9.17, 15) is 4.79 Å². The third-order valence-corrected chi connectivity index (χ3v) is 4.65. The molecule has 0 spiro atoms. The number of aromatic nitrogens is 3. The van der Waals surface area contributed by atoms with E-state index in [1.807, 2.05) is 45.0 Å². The van der Waals surface area contributed by atoms with Gasteiger partial charge in [0.15, 0.2) is 0 Å². The molecule has 0 radical (unpaired) electrons. The van der Waals surface area contributed by atoms with E-state index in [2.05, 4.69) is 15.4 Å². The average molecular weight is 315 g/mol. The highest BCUT2D eigenvalue weighted by molar-refractivity contribution is 5.83. The topological polar surface area (TPSA) is 85.8 Å². The van der Waals surface area contributed by atoms with Crippen LogP contribution < -0.4 is 11.1 Å². The van der Waals surface area contributed by atoms with Crippen molar-refractivity contribution in [3.8, 4) is 5.69 Å². The maximum absolute atomic E-state index is 12.6. The molecule has 1 aromatic carbocycles. The zero-order chi connectivity index (χ0) is 16.9. The first-order valence-corrected chi connectivity index (χ1v) is 8.02. The lowest BCUT2D eigenvalue weighted by Crippen LogP contribution is -2.46. The molecule has 3 N–H and O–H groups in total.